The molecule has 0 atom stereocenters. The smallest absolute Gasteiger partial charge is 0.159 e. The number of benzene rings is 11. The molecule has 0 saturated heterocycles. The first-order chi connectivity index (χ1) is 31.2. The van der Waals surface area contributed by atoms with Crippen molar-refractivity contribution in [3.8, 4) is 27.9 Å². The third-order valence-corrected chi connectivity index (χ3v) is 12.9. The average Bonchev–Trinajstić information content (AvgIpc) is 3.89. The second-order valence-electron chi connectivity index (χ2n) is 16.5. The highest BCUT2D eigenvalue weighted by Gasteiger charge is 2.24. The fourth-order valence-corrected chi connectivity index (χ4v) is 10.1. The molecule has 0 aliphatic heterocycles. The summed E-state index contributed by atoms with van der Waals surface area (Å²) in [5, 5.41) is 11.8. The topological polar surface area (TPSA) is 21.3 Å². The number of nitrogens with zero attached hydrogens (tertiary/aromatic N) is 2. The summed E-state index contributed by atoms with van der Waals surface area (Å²) in [4.78, 5) is 2.42. The van der Waals surface area contributed by atoms with Crippen molar-refractivity contribution in [2.24, 2.45) is 0 Å². The molecule has 63 heavy (non-hydrogen) atoms. The quantitative estimate of drug-likeness (QED) is 0.167. The van der Waals surface area contributed by atoms with Crippen molar-refractivity contribution in [3.05, 3.63) is 231 Å². The number of hydrogen-bond acceptors (Lipinski definition) is 2. The van der Waals surface area contributed by atoms with Gasteiger partial charge >= 0.3 is 0 Å². The van der Waals surface area contributed by atoms with E-state index in [4.69, 9.17) is 4.42 Å². The fourth-order valence-electron chi connectivity index (χ4n) is 10.1. The number of hydrogen-bond donors (Lipinski definition) is 0. The van der Waals surface area contributed by atoms with E-state index in [1.165, 1.54) is 60.1 Å². The normalized spacial score (nSPS) is 11.8. The van der Waals surface area contributed by atoms with E-state index in [9.17, 15) is 0 Å². The zero-order valence-corrected chi connectivity index (χ0v) is 34.2. The molecule has 0 bridgehead atoms. The predicted octanol–water partition coefficient (Wildman–Crippen LogP) is 16.9. The third kappa shape index (κ3) is 5.60. The van der Waals surface area contributed by atoms with Crippen LogP contribution in [0.3, 0.4) is 0 Å². The molecule has 0 spiro atoms. The molecule has 0 fully saturated rings. The Hall–Kier alpha value is -8.40. The lowest BCUT2D eigenvalue weighted by Crippen LogP contribution is -2.11. The molecule has 11 aromatic carbocycles. The second kappa shape index (κ2) is 14.1. The standard InChI is InChI=1S/C60H38N2O/c1-3-15-39(16-4-1)42-22-13-23-45(35-42)61-55-33-30-46(38-53(55)59-48-24-10-9-19-41(48)29-32-56(59)61)62(54-34-31-47(40-17-5-2-6-18-40)49-25-11-12-26-50(49)54)57-28-14-27-51-52-36-43-20-7-8-21-44(43)37-58(52)63-60(51)57/h1-38H. The van der Waals surface area contributed by atoms with Crippen LogP contribution in [0.25, 0.3) is 104 Å². The Kier molecular flexibility index (Phi) is 7.91. The van der Waals surface area contributed by atoms with Gasteiger partial charge in [-0.25, -0.2) is 0 Å². The third-order valence-electron chi connectivity index (χ3n) is 12.9. The minimum Gasteiger partial charge on any atom is -0.454 e. The summed E-state index contributed by atoms with van der Waals surface area (Å²) in [5.74, 6) is 0. The van der Waals surface area contributed by atoms with Crippen LogP contribution in [0.1, 0.15) is 0 Å². The summed E-state index contributed by atoms with van der Waals surface area (Å²) >= 11 is 0. The van der Waals surface area contributed by atoms with Crippen LogP contribution in [0, 0.1) is 0 Å². The Balaban J connectivity index is 1.11. The van der Waals surface area contributed by atoms with Gasteiger partial charge < -0.3 is 13.9 Å². The van der Waals surface area contributed by atoms with Crippen molar-refractivity contribution in [1.82, 2.24) is 4.57 Å². The van der Waals surface area contributed by atoms with E-state index in [0.29, 0.717) is 0 Å². The van der Waals surface area contributed by atoms with Crippen LogP contribution < -0.4 is 4.90 Å². The van der Waals surface area contributed by atoms with Gasteiger partial charge in [0.25, 0.3) is 0 Å². The van der Waals surface area contributed by atoms with Crippen LogP contribution in [-0.2, 0) is 0 Å². The summed E-state index contributed by atoms with van der Waals surface area (Å²) in [5.41, 5.74) is 13.0. The van der Waals surface area contributed by atoms with Crippen LogP contribution in [0.15, 0.2) is 235 Å². The number of furan rings is 1. The summed E-state index contributed by atoms with van der Waals surface area (Å²) in [6.07, 6.45) is 0. The van der Waals surface area contributed by atoms with Gasteiger partial charge in [0.1, 0.15) is 5.58 Å². The summed E-state index contributed by atoms with van der Waals surface area (Å²) in [6, 6.07) is 83.5. The van der Waals surface area contributed by atoms with Gasteiger partial charge in [-0.1, -0.05) is 170 Å². The molecule has 2 aromatic heterocycles. The van der Waals surface area contributed by atoms with Gasteiger partial charge in [0.2, 0.25) is 0 Å². The van der Waals surface area contributed by atoms with Gasteiger partial charge in [-0.15, -0.1) is 0 Å². The molecule has 0 aliphatic carbocycles. The van der Waals surface area contributed by atoms with Gasteiger partial charge in [0.05, 0.1) is 22.4 Å². The second-order valence-corrected chi connectivity index (χ2v) is 16.5. The van der Waals surface area contributed by atoms with Crippen LogP contribution in [-0.4, -0.2) is 4.57 Å². The van der Waals surface area contributed by atoms with Crippen molar-refractivity contribution < 1.29 is 4.42 Å². The molecule has 0 saturated carbocycles. The van der Waals surface area contributed by atoms with Gasteiger partial charge in [-0.2, -0.15) is 0 Å². The Bertz CT molecular complexity index is 3920. The van der Waals surface area contributed by atoms with Gasteiger partial charge in [-0.05, 0) is 110 Å². The molecule has 0 radical (unpaired) electrons. The monoisotopic (exact) mass is 802 g/mol. The Morgan fingerprint density at radius 3 is 1.83 bits per heavy atom. The first kappa shape index (κ1) is 35.4. The minimum atomic E-state index is 0.852. The molecule has 13 rings (SSSR count). The molecule has 0 N–H and O–H groups in total. The Labute approximate surface area is 363 Å². The lowest BCUT2D eigenvalue weighted by molar-refractivity contribution is 0.669. The average molecular weight is 803 g/mol. The summed E-state index contributed by atoms with van der Waals surface area (Å²) in [6.45, 7) is 0. The number of fused-ring (bicyclic) bond motifs is 10. The molecule has 0 amide bonds. The fraction of sp³-hybridized carbons (Fsp3) is 0. The van der Waals surface area contributed by atoms with Crippen LogP contribution >= 0.6 is 0 Å². The molecule has 13 aromatic rings. The van der Waals surface area contributed by atoms with Crippen LogP contribution in [0.2, 0.25) is 0 Å². The molecule has 3 nitrogen and oxygen atoms in total. The first-order valence-corrected chi connectivity index (χ1v) is 21.6. The largest absolute Gasteiger partial charge is 0.454 e. The molecule has 2 heterocycles. The van der Waals surface area contributed by atoms with E-state index in [-0.39, 0.29) is 0 Å². The van der Waals surface area contributed by atoms with Crippen LogP contribution in [0.5, 0.6) is 0 Å². The van der Waals surface area contributed by atoms with Crippen molar-refractivity contribution in [1.29, 1.82) is 0 Å². The Morgan fingerprint density at radius 1 is 0.349 bits per heavy atom. The molecule has 3 heteroatoms. The lowest BCUT2D eigenvalue weighted by atomic mass is 9.96. The zero-order valence-electron chi connectivity index (χ0n) is 34.2. The van der Waals surface area contributed by atoms with Crippen LogP contribution in [0.4, 0.5) is 17.1 Å². The SMILES string of the molecule is c1ccc(-c2cccc(-n3c4ccc(N(c5ccc(-c6ccccc6)c6ccccc56)c5cccc6c5oc5cc7ccccc7cc56)cc4c4c5ccccc5ccc43)c2)cc1. The maximum atomic E-state index is 7.00. The lowest BCUT2D eigenvalue weighted by Gasteiger charge is -2.28. The summed E-state index contributed by atoms with van der Waals surface area (Å²) in [7, 11) is 0. The zero-order chi connectivity index (χ0) is 41.4. The van der Waals surface area contributed by atoms with E-state index in [0.717, 1.165) is 61.0 Å². The van der Waals surface area contributed by atoms with E-state index in [1.54, 1.807) is 0 Å². The molecule has 0 unspecified atom stereocenters. The number of anilines is 3. The van der Waals surface area contributed by atoms with E-state index in [1.807, 2.05) is 0 Å². The highest BCUT2D eigenvalue weighted by Crippen LogP contribution is 2.48. The maximum absolute atomic E-state index is 7.00. The van der Waals surface area contributed by atoms with Crippen molar-refractivity contribution in [3.63, 3.8) is 0 Å². The van der Waals surface area contributed by atoms with Gasteiger partial charge in [0.15, 0.2) is 5.58 Å². The van der Waals surface area contributed by atoms with Gasteiger partial charge in [0, 0.05) is 38.3 Å². The van der Waals surface area contributed by atoms with Crippen molar-refractivity contribution in [2.75, 3.05) is 4.90 Å². The number of para-hydroxylation sites is 1. The van der Waals surface area contributed by atoms with E-state index in [2.05, 4.69) is 240 Å². The molecule has 294 valence electrons. The highest BCUT2D eigenvalue weighted by atomic mass is 16.3. The molecular formula is C60H38N2O. The predicted molar refractivity (Wildman–Crippen MR) is 266 cm³/mol. The number of rotatable bonds is 6. The maximum Gasteiger partial charge on any atom is 0.159 e. The Morgan fingerprint density at radius 2 is 1.00 bits per heavy atom. The number of aromatic nitrogens is 1. The molecular weight excluding hydrogens is 765 g/mol. The van der Waals surface area contributed by atoms with E-state index < -0.39 is 0 Å². The summed E-state index contributed by atoms with van der Waals surface area (Å²) < 4.78 is 9.44. The highest BCUT2D eigenvalue weighted by molar-refractivity contribution is 6.22. The molecule has 0 aliphatic rings. The van der Waals surface area contributed by atoms with Gasteiger partial charge in [-0.3, -0.25) is 0 Å². The van der Waals surface area contributed by atoms with E-state index >= 15 is 0 Å². The van der Waals surface area contributed by atoms with Crippen molar-refractivity contribution in [2.45, 2.75) is 0 Å². The minimum absolute atomic E-state index is 0.852. The first-order valence-electron chi connectivity index (χ1n) is 21.6. The van der Waals surface area contributed by atoms with Crippen molar-refractivity contribution >= 4 is 93.1 Å².